The number of aryl methyl sites for hydroxylation is 1. The zero-order valence-corrected chi connectivity index (χ0v) is 8.91. The van der Waals surface area contributed by atoms with Crippen molar-refractivity contribution >= 4 is 17.0 Å². The minimum atomic E-state index is 1.30. The molecule has 1 heterocycles. The summed E-state index contributed by atoms with van der Waals surface area (Å²) in [5, 5.41) is 1.34. The normalized spacial score (nSPS) is 11.6. The van der Waals surface area contributed by atoms with Gasteiger partial charge in [0.15, 0.2) is 0 Å². The molecule has 0 saturated heterocycles. The van der Waals surface area contributed by atoms with Crippen LogP contribution < -0.4 is 0 Å². The van der Waals surface area contributed by atoms with Gasteiger partial charge in [0.2, 0.25) is 0 Å². The minimum Gasteiger partial charge on any atom is -0.347 e. The highest BCUT2D eigenvalue weighted by atomic mass is 14.9. The predicted octanol–water partition coefficient (Wildman–Crippen LogP) is 3.52. The summed E-state index contributed by atoms with van der Waals surface area (Å²) in [6.07, 6.45) is 4.27. The number of fused-ring (bicyclic) bond motifs is 1. The van der Waals surface area contributed by atoms with Gasteiger partial charge in [0, 0.05) is 29.2 Å². The van der Waals surface area contributed by atoms with Gasteiger partial charge in [-0.3, -0.25) is 0 Å². The van der Waals surface area contributed by atoms with Crippen LogP contribution in [-0.2, 0) is 7.05 Å². The average molecular weight is 185 g/mol. The summed E-state index contributed by atoms with van der Waals surface area (Å²) in [5.74, 6) is 0. The van der Waals surface area contributed by atoms with Crippen molar-refractivity contribution in [3.63, 3.8) is 0 Å². The first kappa shape index (κ1) is 9.07. The molecule has 1 nitrogen and oxygen atoms in total. The lowest BCUT2D eigenvalue weighted by Crippen LogP contribution is -1.89. The average Bonchev–Trinajstić information content (AvgIpc) is 2.45. The third kappa shape index (κ3) is 1.17. The molecule has 2 aromatic rings. The van der Waals surface area contributed by atoms with Gasteiger partial charge in [-0.1, -0.05) is 30.4 Å². The minimum absolute atomic E-state index is 1.30. The highest BCUT2D eigenvalue weighted by Crippen LogP contribution is 2.25. The zero-order chi connectivity index (χ0) is 10.1. The summed E-state index contributed by atoms with van der Waals surface area (Å²) >= 11 is 0. The van der Waals surface area contributed by atoms with Crippen LogP contribution >= 0.6 is 0 Å². The predicted molar refractivity (Wildman–Crippen MR) is 62.4 cm³/mol. The molecule has 0 fully saturated rings. The smallest absolute Gasteiger partial charge is 0.0486 e. The van der Waals surface area contributed by atoms with Crippen molar-refractivity contribution in [2.75, 3.05) is 0 Å². The van der Waals surface area contributed by atoms with Gasteiger partial charge in [-0.15, -0.1) is 0 Å². The SMILES string of the molecule is CC=Cc1c(C)n(C)c2ccccc12. The molecule has 72 valence electrons. The van der Waals surface area contributed by atoms with Crippen LogP contribution in [0.15, 0.2) is 30.3 Å². The van der Waals surface area contributed by atoms with Crippen molar-refractivity contribution in [1.29, 1.82) is 0 Å². The number of rotatable bonds is 1. The van der Waals surface area contributed by atoms with E-state index in [1.807, 2.05) is 0 Å². The Morgan fingerprint density at radius 1 is 1.21 bits per heavy atom. The van der Waals surface area contributed by atoms with Crippen LogP contribution in [0.2, 0.25) is 0 Å². The van der Waals surface area contributed by atoms with E-state index in [9.17, 15) is 0 Å². The molecule has 0 bridgehead atoms. The number of para-hydroxylation sites is 1. The highest BCUT2D eigenvalue weighted by Gasteiger charge is 2.07. The summed E-state index contributed by atoms with van der Waals surface area (Å²) in [6, 6.07) is 8.52. The first-order valence-electron chi connectivity index (χ1n) is 4.92. The maximum atomic E-state index is 2.24. The number of hydrogen-bond donors (Lipinski definition) is 0. The summed E-state index contributed by atoms with van der Waals surface area (Å²) in [4.78, 5) is 0. The molecule has 0 spiro atoms. The van der Waals surface area contributed by atoms with E-state index >= 15 is 0 Å². The maximum absolute atomic E-state index is 2.24. The molecule has 0 aliphatic carbocycles. The van der Waals surface area contributed by atoms with Gasteiger partial charge < -0.3 is 4.57 Å². The molecule has 0 amide bonds. The van der Waals surface area contributed by atoms with E-state index in [-0.39, 0.29) is 0 Å². The lowest BCUT2D eigenvalue weighted by Gasteiger charge is -1.97. The second-order valence-electron chi connectivity index (χ2n) is 3.58. The van der Waals surface area contributed by atoms with Gasteiger partial charge in [-0.25, -0.2) is 0 Å². The van der Waals surface area contributed by atoms with Crippen molar-refractivity contribution in [2.45, 2.75) is 13.8 Å². The molecule has 0 saturated carbocycles. The first-order valence-corrected chi connectivity index (χ1v) is 4.92. The fourth-order valence-electron chi connectivity index (χ4n) is 1.93. The quantitative estimate of drug-likeness (QED) is 0.640. The van der Waals surface area contributed by atoms with Gasteiger partial charge in [-0.2, -0.15) is 0 Å². The summed E-state index contributed by atoms with van der Waals surface area (Å²) in [6.45, 7) is 4.22. The third-order valence-corrected chi connectivity index (χ3v) is 2.78. The van der Waals surface area contributed by atoms with Crippen LogP contribution in [0.3, 0.4) is 0 Å². The zero-order valence-electron chi connectivity index (χ0n) is 8.91. The van der Waals surface area contributed by atoms with E-state index < -0.39 is 0 Å². The van der Waals surface area contributed by atoms with Gasteiger partial charge in [-0.05, 0) is 19.9 Å². The van der Waals surface area contributed by atoms with E-state index in [1.165, 1.54) is 22.2 Å². The second kappa shape index (κ2) is 3.33. The van der Waals surface area contributed by atoms with Crippen molar-refractivity contribution in [3.8, 4) is 0 Å². The maximum Gasteiger partial charge on any atom is 0.0486 e. The molecule has 1 heteroatoms. The molecule has 0 N–H and O–H groups in total. The lowest BCUT2D eigenvalue weighted by atomic mass is 10.1. The van der Waals surface area contributed by atoms with Gasteiger partial charge in [0.05, 0.1) is 0 Å². The van der Waals surface area contributed by atoms with E-state index in [0.717, 1.165) is 0 Å². The monoisotopic (exact) mass is 185 g/mol. The van der Waals surface area contributed by atoms with E-state index in [1.54, 1.807) is 0 Å². The molecule has 0 aliphatic heterocycles. The molecule has 0 unspecified atom stereocenters. The van der Waals surface area contributed by atoms with Gasteiger partial charge in [0.25, 0.3) is 0 Å². The Morgan fingerprint density at radius 2 is 1.93 bits per heavy atom. The number of allylic oxidation sites excluding steroid dienone is 1. The number of nitrogens with zero attached hydrogens (tertiary/aromatic N) is 1. The topological polar surface area (TPSA) is 4.93 Å². The molecule has 0 aliphatic rings. The Hall–Kier alpha value is -1.50. The Morgan fingerprint density at radius 3 is 2.64 bits per heavy atom. The molecule has 1 aromatic heterocycles. The Kier molecular flexibility index (Phi) is 2.16. The largest absolute Gasteiger partial charge is 0.347 e. The standard InChI is InChI=1S/C13H15N/c1-4-7-11-10(2)14(3)13-9-6-5-8-12(11)13/h4-9H,1-3H3. The number of hydrogen-bond acceptors (Lipinski definition) is 0. The summed E-state index contributed by atoms with van der Waals surface area (Å²) in [7, 11) is 2.12. The Labute approximate surface area is 84.7 Å². The molecule has 14 heavy (non-hydrogen) atoms. The summed E-state index contributed by atoms with van der Waals surface area (Å²) < 4.78 is 2.24. The van der Waals surface area contributed by atoms with Crippen molar-refractivity contribution in [1.82, 2.24) is 4.57 Å². The molecular formula is C13H15N. The summed E-state index contributed by atoms with van der Waals surface area (Å²) in [5.41, 5.74) is 3.97. The number of benzene rings is 1. The van der Waals surface area contributed by atoms with E-state index in [2.05, 4.69) is 61.9 Å². The lowest BCUT2D eigenvalue weighted by molar-refractivity contribution is 0.916. The van der Waals surface area contributed by atoms with E-state index in [0.29, 0.717) is 0 Å². The Balaban J connectivity index is 2.87. The first-order chi connectivity index (χ1) is 6.75. The highest BCUT2D eigenvalue weighted by molar-refractivity contribution is 5.91. The van der Waals surface area contributed by atoms with Crippen LogP contribution in [0, 0.1) is 6.92 Å². The molecule has 0 radical (unpaired) electrons. The Bertz CT molecular complexity index is 489. The molecule has 2 rings (SSSR count). The van der Waals surface area contributed by atoms with Crippen LogP contribution in [0.25, 0.3) is 17.0 Å². The number of aromatic nitrogens is 1. The van der Waals surface area contributed by atoms with Crippen LogP contribution in [0.5, 0.6) is 0 Å². The molecule has 0 atom stereocenters. The van der Waals surface area contributed by atoms with Crippen LogP contribution in [0.1, 0.15) is 18.2 Å². The third-order valence-electron chi connectivity index (χ3n) is 2.78. The van der Waals surface area contributed by atoms with Crippen LogP contribution in [0.4, 0.5) is 0 Å². The molecular weight excluding hydrogens is 170 g/mol. The molecule has 1 aromatic carbocycles. The van der Waals surface area contributed by atoms with E-state index in [4.69, 9.17) is 0 Å². The van der Waals surface area contributed by atoms with Gasteiger partial charge in [0.1, 0.15) is 0 Å². The van der Waals surface area contributed by atoms with Gasteiger partial charge >= 0.3 is 0 Å². The van der Waals surface area contributed by atoms with Crippen molar-refractivity contribution in [2.24, 2.45) is 7.05 Å². The van der Waals surface area contributed by atoms with Crippen molar-refractivity contribution < 1.29 is 0 Å². The van der Waals surface area contributed by atoms with Crippen LogP contribution in [-0.4, -0.2) is 4.57 Å². The fraction of sp³-hybridized carbons (Fsp3) is 0.231. The second-order valence-corrected chi connectivity index (χ2v) is 3.58. The van der Waals surface area contributed by atoms with Crippen molar-refractivity contribution in [3.05, 3.63) is 41.6 Å². The fourth-order valence-corrected chi connectivity index (χ4v) is 1.93.